The minimum atomic E-state index is 0.0412. The number of hydrogen-bond donors (Lipinski definition) is 0. The maximum absolute atomic E-state index is 12.9. The topological polar surface area (TPSA) is 58.6 Å². The van der Waals surface area contributed by atoms with Crippen LogP contribution in [0.5, 0.6) is 0 Å². The zero-order chi connectivity index (χ0) is 17.9. The van der Waals surface area contributed by atoms with Gasteiger partial charge in [-0.05, 0) is 30.2 Å². The van der Waals surface area contributed by atoms with Gasteiger partial charge < -0.3 is 9.64 Å². The van der Waals surface area contributed by atoms with Crippen LogP contribution in [0.4, 0.5) is 0 Å². The van der Waals surface area contributed by atoms with Crippen molar-refractivity contribution in [3.63, 3.8) is 0 Å². The van der Waals surface area contributed by atoms with E-state index in [1.165, 1.54) is 5.56 Å². The van der Waals surface area contributed by atoms with Crippen molar-refractivity contribution in [2.45, 2.75) is 32.0 Å². The Balaban J connectivity index is 1.45. The lowest BCUT2D eigenvalue weighted by Gasteiger charge is -2.36. The van der Waals surface area contributed by atoms with Crippen LogP contribution in [0.3, 0.4) is 0 Å². The van der Waals surface area contributed by atoms with Gasteiger partial charge >= 0.3 is 0 Å². The Bertz CT molecular complexity index is 750. The highest BCUT2D eigenvalue weighted by molar-refractivity contribution is 5.94. The number of carbonyl (C=O) groups is 1. The molecular formula is C20H24N4O2. The second kappa shape index (κ2) is 7.51. The van der Waals surface area contributed by atoms with Crippen molar-refractivity contribution in [2.75, 3.05) is 26.2 Å². The summed E-state index contributed by atoms with van der Waals surface area (Å²) >= 11 is 0. The Kier molecular flexibility index (Phi) is 4.95. The van der Waals surface area contributed by atoms with Crippen molar-refractivity contribution >= 4 is 5.91 Å². The summed E-state index contributed by atoms with van der Waals surface area (Å²) in [4.78, 5) is 25.7. The van der Waals surface area contributed by atoms with Crippen LogP contribution in [-0.4, -0.2) is 64.1 Å². The van der Waals surface area contributed by atoms with Crippen LogP contribution in [-0.2, 0) is 17.7 Å². The summed E-state index contributed by atoms with van der Waals surface area (Å²) in [6.07, 6.45) is 6.34. The maximum atomic E-state index is 12.9. The first kappa shape index (κ1) is 17.1. The second-order valence-electron chi connectivity index (χ2n) is 6.91. The number of morpholine rings is 1. The number of pyridine rings is 2. The van der Waals surface area contributed by atoms with Gasteiger partial charge in [0.05, 0.1) is 24.3 Å². The average molecular weight is 352 g/mol. The van der Waals surface area contributed by atoms with E-state index >= 15 is 0 Å². The highest BCUT2D eigenvalue weighted by atomic mass is 16.5. The predicted octanol–water partition coefficient (Wildman–Crippen LogP) is 1.76. The average Bonchev–Trinajstić information content (AvgIpc) is 3.14. The van der Waals surface area contributed by atoms with Gasteiger partial charge in [-0.2, -0.15) is 0 Å². The fourth-order valence-corrected chi connectivity index (χ4v) is 3.79. The number of nitrogens with zero attached hydrogens (tertiary/aromatic N) is 4. The Morgan fingerprint density at radius 2 is 2.19 bits per heavy atom. The zero-order valence-corrected chi connectivity index (χ0v) is 15.0. The molecule has 0 spiro atoms. The van der Waals surface area contributed by atoms with E-state index in [9.17, 15) is 4.79 Å². The van der Waals surface area contributed by atoms with E-state index < -0.39 is 0 Å². The quantitative estimate of drug-likeness (QED) is 0.839. The molecule has 0 aliphatic carbocycles. The third-order valence-corrected chi connectivity index (χ3v) is 5.25. The van der Waals surface area contributed by atoms with Gasteiger partial charge in [-0.25, -0.2) is 0 Å². The number of aryl methyl sites for hydroxylation is 1. The third kappa shape index (κ3) is 3.48. The lowest BCUT2D eigenvalue weighted by atomic mass is 10.1. The van der Waals surface area contributed by atoms with Crippen molar-refractivity contribution in [2.24, 2.45) is 0 Å². The Hall–Kier alpha value is -2.31. The number of likely N-dealkylation sites (tertiary alicyclic amines) is 1. The summed E-state index contributed by atoms with van der Waals surface area (Å²) in [5.41, 5.74) is 2.85. The van der Waals surface area contributed by atoms with E-state index in [-0.39, 0.29) is 18.1 Å². The molecule has 2 atom stereocenters. The first-order valence-electron chi connectivity index (χ1n) is 9.23. The molecule has 136 valence electrons. The molecule has 2 saturated heterocycles. The number of aromatic nitrogens is 2. The van der Waals surface area contributed by atoms with Crippen molar-refractivity contribution in [1.82, 2.24) is 19.8 Å². The summed E-state index contributed by atoms with van der Waals surface area (Å²) in [5, 5.41) is 0. The highest BCUT2D eigenvalue weighted by Gasteiger charge is 2.41. The van der Waals surface area contributed by atoms with Gasteiger partial charge in [-0.1, -0.05) is 13.0 Å². The van der Waals surface area contributed by atoms with Crippen LogP contribution in [0.25, 0.3) is 0 Å². The van der Waals surface area contributed by atoms with Crippen LogP contribution in [0.15, 0.2) is 42.9 Å². The summed E-state index contributed by atoms with van der Waals surface area (Å²) in [6.45, 7) is 5.82. The molecule has 4 heterocycles. The molecular weight excluding hydrogens is 328 g/mol. The molecule has 6 heteroatoms. The van der Waals surface area contributed by atoms with Crippen LogP contribution < -0.4 is 0 Å². The first-order chi connectivity index (χ1) is 12.7. The molecule has 2 aromatic heterocycles. The summed E-state index contributed by atoms with van der Waals surface area (Å²) < 4.78 is 5.96. The summed E-state index contributed by atoms with van der Waals surface area (Å²) in [6, 6.07) is 8.10. The zero-order valence-electron chi connectivity index (χ0n) is 15.0. The summed E-state index contributed by atoms with van der Waals surface area (Å²) in [7, 11) is 0. The normalized spacial score (nSPS) is 23.0. The maximum Gasteiger partial charge on any atom is 0.255 e. The predicted molar refractivity (Wildman–Crippen MR) is 97.7 cm³/mol. The molecule has 0 N–H and O–H groups in total. The Morgan fingerprint density at radius 1 is 1.27 bits per heavy atom. The van der Waals surface area contributed by atoms with E-state index in [2.05, 4.69) is 27.9 Å². The molecule has 1 amide bonds. The van der Waals surface area contributed by atoms with E-state index in [0.29, 0.717) is 25.3 Å². The molecule has 2 aliphatic heterocycles. The third-order valence-electron chi connectivity index (χ3n) is 5.25. The fraction of sp³-hybridized carbons (Fsp3) is 0.450. The number of fused-ring (bicyclic) bond motifs is 1. The number of carbonyl (C=O) groups excluding carboxylic acids is 1. The minimum Gasteiger partial charge on any atom is -0.373 e. The standard InChI is InChI=1S/C20H24N4O2/c1-2-17-6-5-16(11-22-17)20(25)24-13-18-19(14-24)26-9-8-23(18)12-15-4-3-7-21-10-15/h3-7,10-11,18-19H,2,8-9,12-14H2,1H3/t18-,19+/m1/s1. The van der Waals surface area contributed by atoms with Gasteiger partial charge in [0, 0.05) is 50.5 Å². The lowest BCUT2D eigenvalue weighted by molar-refractivity contribution is -0.0503. The molecule has 4 rings (SSSR count). The van der Waals surface area contributed by atoms with E-state index in [0.717, 1.165) is 25.2 Å². The van der Waals surface area contributed by atoms with Gasteiger partial charge in [0.1, 0.15) is 0 Å². The van der Waals surface area contributed by atoms with Crippen molar-refractivity contribution in [3.8, 4) is 0 Å². The molecule has 26 heavy (non-hydrogen) atoms. The van der Waals surface area contributed by atoms with Gasteiger partial charge in [0.25, 0.3) is 5.91 Å². The molecule has 2 aliphatic rings. The van der Waals surface area contributed by atoms with E-state index in [1.54, 1.807) is 12.4 Å². The fourth-order valence-electron chi connectivity index (χ4n) is 3.79. The van der Waals surface area contributed by atoms with Crippen LogP contribution >= 0.6 is 0 Å². The van der Waals surface area contributed by atoms with Crippen molar-refractivity contribution in [3.05, 3.63) is 59.7 Å². The molecule has 2 aromatic rings. The Labute approximate surface area is 153 Å². The minimum absolute atomic E-state index is 0.0412. The molecule has 0 radical (unpaired) electrons. The van der Waals surface area contributed by atoms with E-state index in [4.69, 9.17) is 4.74 Å². The van der Waals surface area contributed by atoms with Crippen LogP contribution in [0, 0.1) is 0 Å². The number of hydrogen-bond acceptors (Lipinski definition) is 5. The first-order valence-corrected chi connectivity index (χ1v) is 9.23. The smallest absolute Gasteiger partial charge is 0.255 e. The van der Waals surface area contributed by atoms with Gasteiger partial charge in [0.2, 0.25) is 0 Å². The van der Waals surface area contributed by atoms with Gasteiger partial charge in [-0.15, -0.1) is 0 Å². The largest absolute Gasteiger partial charge is 0.373 e. The lowest BCUT2D eigenvalue weighted by Crippen LogP contribution is -2.50. The SMILES string of the molecule is CCc1ccc(C(=O)N2C[C@@H]3OCCN(Cc4cccnc4)[C@@H]3C2)cn1. The summed E-state index contributed by atoms with van der Waals surface area (Å²) in [5.74, 6) is 0.0412. The molecule has 0 aromatic carbocycles. The number of ether oxygens (including phenoxy) is 1. The van der Waals surface area contributed by atoms with Crippen LogP contribution in [0.1, 0.15) is 28.5 Å². The van der Waals surface area contributed by atoms with Gasteiger partial charge in [0.15, 0.2) is 0 Å². The van der Waals surface area contributed by atoms with Crippen molar-refractivity contribution in [1.29, 1.82) is 0 Å². The number of rotatable bonds is 4. The molecule has 6 nitrogen and oxygen atoms in total. The highest BCUT2D eigenvalue weighted by Crippen LogP contribution is 2.25. The molecule has 0 bridgehead atoms. The number of amides is 1. The van der Waals surface area contributed by atoms with Crippen molar-refractivity contribution < 1.29 is 9.53 Å². The molecule has 2 fully saturated rings. The monoisotopic (exact) mass is 352 g/mol. The van der Waals surface area contributed by atoms with E-state index in [1.807, 2.05) is 29.3 Å². The Morgan fingerprint density at radius 3 is 2.92 bits per heavy atom. The van der Waals surface area contributed by atoms with Crippen LogP contribution in [0.2, 0.25) is 0 Å². The molecule has 0 unspecified atom stereocenters. The molecule has 0 saturated carbocycles. The second-order valence-corrected chi connectivity index (χ2v) is 6.91. The van der Waals surface area contributed by atoms with Gasteiger partial charge in [-0.3, -0.25) is 19.7 Å².